The van der Waals surface area contributed by atoms with E-state index in [1.54, 1.807) is 0 Å². The Kier molecular flexibility index (Phi) is 7.47. The third-order valence-corrected chi connectivity index (χ3v) is 12.3. The summed E-state index contributed by atoms with van der Waals surface area (Å²) in [6.07, 6.45) is 11.2. The van der Waals surface area contributed by atoms with Crippen molar-refractivity contribution < 1.29 is 18.3 Å². The molecule has 4 aliphatic rings. The lowest BCUT2D eigenvalue weighted by atomic mass is 9.48. The van der Waals surface area contributed by atoms with E-state index in [-0.39, 0.29) is 16.5 Å². The van der Waals surface area contributed by atoms with Crippen molar-refractivity contribution in [2.75, 3.05) is 13.2 Å². The fourth-order valence-corrected chi connectivity index (χ4v) is 10.5. The smallest absolute Gasteiger partial charge is 0.258 e. The second-order valence-electron chi connectivity index (χ2n) is 12.7. The van der Waals surface area contributed by atoms with Crippen LogP contribution in [0.4, 0.5) is 0 Å². The molecule has 2 N–H and O–H groups in total. The van der Waals surface area contributed by atoms with E-state index in [1.807, 2.05) is 19.9 Å². The van der Waals surface area contributed by atoms with Gasteiger partial charge in [0.25, 0.3) is 10.0 Å². The highest BCUT2D eigenvalue weighted by Gasteiger charge is 2.58. The molecule has 0 spiro atoms. The first-order valence-electron chi connectivity index (χ1n) is 14.3. The van der Waals surface area contributed by atoms with Gasteiger partial charge < -0.3 is 9.84 Å². The van der Waals surface area contributed by atoms with Crippen molar-refractivity contribution in [3.8, 4) is 6.07 Å². The zero-order valence-corrected chi connectivity index (χ0v) is 23.3. The standard InChI is InChI=1S/C29H43N3O4S/c1-4-36-18-29(33)14-12-22-21(15-29)6-7-24-23(22)11-13-28(3)25(8-9-26(24)28)19(2)32-37(34,35)27-10-5-20(16-30)17-31-27/h5,10,17,19,21-26,32-33H,4,6-9,11-15,18H2,1-3H3/t19-,21-,22+,23-,24-,25?,26+,28-,29-/m1/s1. The first-order chi connectivity index (χ1) is 17.6. The van der Waals surface area contributed by atoms with Gasteiger partial charge in [0.05, 0.1) is 17.8 Å². The number of sulfonamides is 1. The second kappa shape index (κ2) is 10.2. The summed E-state index contributed by atoms with van der Waals surface area (Å²) in [5, 5.41) is 20.1. The minimum Gasteiger partial charge on any atom is -0.387 e. The van der Waals surface area contributed by atoms with Gasteiger partial charge in [0.2, 0.25) is 0 Å². The summed E-state index contributed by atoms with van der Waals surface area (Å²) in [7, 11) is -3.75. The van der Waals surface area contributed by atoms with E-state index < -0.39 is 15.6 Å². The molecule has 37 heavy (non-hydrogen) atoms. The number of nitrogens with one attached hydrogen (secondary N) is 1. The summed E-state index contributed by atoms with van der Waals surface area (Å²) in [4.78, 5) is 4.02. The van der Waals surface area contributed by atoms with Crippen LogP contribution in [0.5, 0.6) is 0 Å². The van der Waals surface area contributed by atoms with Gasteiger partial charge in [-0.15, -0.1) is 0 Å². The normalized spacial score (nSPS) is 40.2. The minimum atomic E-state index is -3.75. The molecule has 0 saturated heterocycles. The summed E-state index contributed by atoms with van der Waals surface area (Å²) in [5.41, 5.74) is -0.165. The maximum atomic E-state index is 13.1. The van der Waals surface area contributed by atoms with Crippen LogP contribution < -0.4 is 4.72 Å². The van der Waals surface area contributed by atoms with Gasteiger partial charge in [-0.2, -0.15) is 5.26 Å². The summed E-state index contributed by atoms with van der Waals surface area (Å²) < 4.78 is 34.7. The average Bonchev–Trinajstić information content (AvgIpc) is 3.24. The molecule has 1 unspecified atom stereocenters. The van der Waals surface area contributed by atoms with E-state index in [9.17, 15) is 13.5 Å². The van der Waals surface area contributed by atoms with Crippen molar-refractivity contribution in [2.45, 2.75) is 95.2 Å². The van der Waals surface area contributed by atoms with Crippen LogP contribution in [0.1, 0.15) is 84.1 Å². The van der Waals surface area contributed by atoms with E-state index in [4.69, 9.17) is 10.00 Å². The van der Waals surface area contributed by atoms with Gasteiger partial charge >= 0.3 is 0 Å². The molecule has 0 amide bonds. The number of hydrogen-bond acceptors (Lipinski definition) is 6. The Labute approximate surface area is 222 Å². The first-order valence-corrected chi connectivity index (χ1v) is 15.8. The third kappa shape index (κ3) is 4.97. The number of ether oxygens (including phenoxy) is 1. The topological polar surface area (TPSA) is 112 Å². The number of pyridine rings is 1. The fourth-order valence-electron chi connectivity index (χ4n) is 9.24. The Hall–Kier alpha value is -1.53. The summed E-state index contributed by atoms with van der Waals surface area (Å²) in [6, 6.07) is 4.72. The summed E-state index contributed by atoms with van der Waals surface area (Å²) in [5.74, 6) is 3.71. The van der Waals surface area contributed by atoms with E-state index in [1.165, 1.54) is 44.0 Å². The largest absolute Gasteiger partial charge is 0.387 e. The van der Waals surface area contributed by atoms with Crippen LogP contribution in [0.3, 0.4) is 0 Å². The fraction of sp³-hybridized carbons (Fsp3) is 0.793. The van der Waals surface area contributed by atoms with Crippen LogP contribution in [-0.4, -0.2) is 43.4 Å². The van der Waals surface area contributed by atoms with E-state index in [0.717, 1.165) is 38.0 Å². The molecular weight excluding hydrogens is 486 g/mol. The van der Waals surface area contributed by atoms with Crippen molar-refractivity contribution in [3.05, 3.63) is 23.9 Å². The van der Waals surface area contributed by atoms with Crippen LogP contribution in [0.2, 0.25) is 0 Å². The maximum Gasteiger partial charge on any atom is 0.258 e. The average molecular weight is 530 g/mol. The van der Waals surface area contributed by atoms with Crippen molar-refractivity contribution in [1.29, 1.82) is 5.26 Å². The lowest BCUT2D eigenvalue weighted by Gasteiger charge is -2.57. The number of aliphatic hydroxyl groups is 1. The lowest BCUT2D eigenvalue weighted by Crippen LogP contribution is -2.53. The van der Waals surface area contributed by atoms with Crippen molar-refractivity contribution in [2.24, 2.45) is 40.9 Å². The zero-order valence-electron chi connectivity index (χ0n) is 22.5. The molecule has 204 valence electrons. The van der Waals surface area contributed by atoms with Gasteiger partial charge in [-0.05, 0) is 125 Å². The Morgan fingerprint density at radius 2 is 1.95 bits per heavy atom. The molecule has 0 radical (unpaired) electrons. The number of rotatable bonds is 7. The Morgan fingerprint density at radius 3 is 2.65 bits per heavy atom. The molecule has 1 aromatic rings. The summed E-state index contributed by atoms with van der Waals surface area (Å²) in [6.45, 7) is 7.55. The Bertz CT molecular complexity index is 1120. The first kappa shape index (κ1) is 27.1. The third-order valence-electron chi connectivity index (χ3n) is 10.8. The zero-order chi connectivity index (χ0) is 26.4. The Morgan fingerprint density at radius 1 is 1.16 bits per heavy atom. The molecule has 8 heteroatoms. The highest BCUT2D eigenvalue weighted by Crippen LogP contribution is 2.65. The number of hydrogen-bond donors (Lipinski definition) is 2. The molecule has 4 aliphatic carbocycles. The molecule has 0 aliphatic heterocycles. The minimum absolute atomic E-state index is 0.0262. The molecule has 9 atom stereocenters. The van der Waals surface area contributed by atoms with Gasteiger partial charge in [-0.1, -0.05) is 6.92 Å². The molecule has 4 fully saturated rings. The summed E-state index contributed by atoms with van der Waals surface area (Å²) >= 11 is 0. The lowest BCUT2D eigenvalue weighted by molar-refractivity contribution is -0.128. The molecule has 4 saturated carbocycles. The van der Waals surface area contributed by atoms with E-state index in [0.29, 0.717) is 48.4 Å². The number of fused-ring (bicyclic) bond motifs is 5. The van der Waals surface area contributed by atoms with Crippen molar-refractivity contribution in [1.82, 2.24) is 9.71 Å². The van der Waals surface area contributed by atoms with E-state index >= 15 is 0 Å². The van der Waals surface area contributed by atoms with Gasteiger partial charge in [0.15, 0.2) is 5.03 Å². The molecule has 5 rings (SSSR count). The second-order valence-corrected chi connectivity index (χ2v) is 14.3. The van der Waals surface area contributed by atoms with Gasteiger partial charge in [0, 0.05) is 18.8 Å². The molecule has 0 aromatic carbocycles. The predicted octanol–water partition coefficient (Wildman–Crippen LogP) is 4.66. The van der Waals surface area contributed by atoms with Gasteiger partial charge in [0.1, 0.15) is 6.07 Å². The molecular formula is C29H43N3O4S. The highest BCUT2D eigenvalue weighted by atomic mass is 32.2. The van der Waals surface area contributed by atoms with Crippen molar-refractivity contribution >= 4 is 10.0 Å². The molecule has 1 heterocycles. The van der Waals surface area contributed by atoms with Crippen LogP contribution >= 0.6 is 0 Å². The quantitative estimate of drug-likeness (QED) is 0.531. The SMILES string of the molecule is CCOC[C@@]1(O)CC[C@H]2[C@H](CC[C@@H]3[C@@H]2CC[C@]2(C)C([C@@H](C)NS(=O)(=O)c4ccc(C#N)cn4)CC[C@@H]32)C1. The van der Waals surface area contributed by atoms with Crippen molar-refractivity contribution in [3.63, 3.8) is 0 Å². The predicted molar refractivity (Wildman–Crippen MR) is 141 cm³/mol. The number of nitriles is 1. The van der Waals surface area contributed by atoms with Gasteiger partial charge in [-0.3, -0.25) is 0 Å². The number of aromatic nitrogens is 1. The Balaban J connectivity index is 1.26. The molecule has 0 bridgehead atoms. The highest BCUT2D eigenvalue weighted by molar-refractivity contribution is 7.89. The van der Waals surface area contributed by atoms with Crippen LogP contribution in [0, 0.1) is 52.3 Å². The van der Waals surface area contributed by atoms with Crippen LogP contribution in [0.15, 0.2) is 23.4 Å². The van der Waals surface area contributed by atoms with E-state index in [2.05, 4.69) is 16.6 Å². The number of nitrogens with zero attached hydrogens (tertiary/aromatic N) is 2. The molecule has 7 nitrogen and oxygen atoms in total. The molecule has 1 aromatic heterocycles. The van der Waals surface area contributed by atoms with Gasteiger partial charge in [-0.25, -0.2) is 18.1 Å². The maximum absolute atomic E-state index is 13.1. The monoisotopic (exact) mass is 529 g/mol. The van der Waals surface area contributed by atoms with Crippen LogP contribution in [0.25, 0.3) is 0 Å². The van der Waals surface area contributed by atoms with Crippen LogP contribution in [-0.2, 0) is 14.8 Å².